The molecule has 1 amide bonds. The minimum absolute atomic E-state index is 0.163. The normalized spacial score (nSPS) is 18.1. The van der Waals surface area contributed by atoms with Crippen LogP contribution in [0.5, 0.6) is 0 Å². The van der Waals surface area contributed by atoms with Crippen molar-refractivity contribution in [2.75, 3.05) is 12.3 Å². The second-order valence-corrected chi connectivity index (χ2v) is 8.08. The van der Waals surface area contributed by atoms with Crippen molar-refractivity contribution < 1.29 is 9.21 Å². The summed E-state index contributed by atoms with van der Waals surface area (Å²) in [6.45, 7) is 6.90. The summed E-state index contributed by atoms with van der Waals surface area (Å²) in [6, 6.07) is 0.382. The van der Waals surface area contributed by atoms with Crippen molar-refractivity contribution in [2.45, 2.75) is 57.7 Å². The van der Waals surface area contributed by atoms with Gasteiger partial charge >= 0.3 is 0 Å². The maximum Gasteiger partial charge on any atom is 0.277 e. The molecule has 1 saturated heterocycles. The number of thiazole rings is 1. The van der Waals surface area contributed by atoms with Crippen molar-refractivity contribution in [1.29, 1.82) is 0 Å². The molecule has 0 radical (unpaired) electrons. The van der Waals surface area contributed by atoms with Gasteiger partial charge in [-0.3, -0.25) is 4.79 Å². The number of amides is 1. The highest BCUT2D eigenvalue weighted by molar-refractivity contribution is 7.99. The molecule has 3 heterocycles. The Hall–Kier alpha value is -1.41. The van der Waals surface area contributed by atoms with Crippen LogP contribution in [0.25, 0.3) is 10.8 Å². The number of carbonyl (C=O) groups is 1. The summed E-state index contributed by atoms with van der Waals surface area (Å²) in [7, 11) is 0. The van der Waals surface area contributed by atoms with Crippen LogP contribution < -0.4 is 0 Å². The van der Waals surface area contributed by atoms with Gasteiger partial charge in [-0.25, -0.2) is 4.98 Å². The van der Waals surface area contributed by atoms with E-state index < -0.39 is 0 Å². The lowest BCUT2D eigenvalue weighted by atomic mass is 10.0. The van der Waals surface area contributed by atoms with E-state index in [0.717, 1.165) is 41.4 Å². The predicted molar refractivity (Wildman–Crippen MR) is 95.2 cm³/mol. The van der Waals surface area contributed by atoms with Gasteiger partial charge in [0.2, 0.25) is 5.91 Å². The number of likely N-dealkylation sites (tertiary alicyclic amines) is 1. The van der Waals surface area contributed by atoms with Gasteiger partial charge < -0.3 is 9.32 Å². The number of aromatic nitrogens is 3. The first-order valence-electron chi connectivity index (χ1n) is 8.28. The number of aryl methyl sites for hydroxylation is 2. The van der Waals surface area contributed by atoms with E-state index in [9.17, 15) is 4.79 Å². The molecule has 1 atom stereocenters. The number of piperidine rings is 1. The third-order valence-electron chi connectivity index (χ3n) is 4.24. The SMILES string of the molecule is CCC1CCCCN1C(=O)CSc1nnc(-c2sc(C)nc2C)o1. The highest BCUT2D eigenvalue weighted by atomic mass is 32.2. The average Bonchev–Trinajstić information content (AvgIpc) is 3.18. The van der Waals surface area contributed by atoms with E-state index in [-0.39, 0.29) is 5.91 Å². The number of nitrogens with zero attached hydrogens (tertiary/aromatic N) is 4. The van der Waals surface area contributed by atoms with Crippen LogP contribution in [0.15, 0.2) is 9.64 Å². The van der Waals surface area contributed by atoms with Crippen LogP contribution in [0.1, 0.15) is 43.3 Å². The summed E-state index contributed by atoms with van der Waals surface area (Å²) in [5, 5.41) is 9.56. The van der Waals surface area contributed by atoms with Crippen LogP contribution in [0.4, 0.5) is 0 Å². The van der Waals surface area contributed by atoms with Gasteiger partial charge in [0.1, 0.15) is 4.88 Å². The Morgan fingerprint density at radius 2 is 2.21 bits per heavy atom. The van der Waals surface area contributed by atoms with E-state index >= 15 is 0 Å². The Morgan fingerprint density at radius 3 is 2.92 bits per heavy atom. The molecule has 0 bridgehead atoms. The number of thioether (sulfide) groups is 1. The molecular weight excluding hydrogens is 344 g/mol. The van der Waals surface area contributed by atoms with Crippen LogP contribution in [0.2, 0.25) is 0 Å². The summed E-state index contributed by atoms with van der Waals surface area (Å²) >= 11 is 2.85. The van der Waals surface area contributed by atoms with Gasteiger partial charge in [0.15, 0.2) is 0 Å². The monoisotopic (exact) mass is 366 g/mol. The number of carbonyl (C=O) groups excluding carboxylic acids is 1. The molecule has 1 fully saturated rings. The third-order valence-corrected chi connectivity index (χ3v) is 6.11. The number of hydrogen-bond acceptors (Lipinski definition) is 7. The molecule has 2 aromatic heterocycles. The maximum atomic E-state index is 12.5. The Labute approximate surface area is 150 Å². The zero-order chi connectivity index (χ0) is 17.1. The van der Waals surface area contributed by atoms with Crippen molar-refractivity contribution >= 4 is 29.0 Å². The zero-order valence-corrected chi connectivity index (χ0v) is 15.9. The van der Waals surface area contributed by atoms with E-state index in [1.807, 2.05) is 18.7 Å². The summed E-state index contributed by atoms with van der Waals surface area (Å²) < 4.78 is 5.70. The fourth-order valence-electron chi connectivity index (χ4n) is 3.05. The van der Waals surface area contributed by atoms with Crippen LogP contribution in [0.3, 0.4) is 0 Å². The zero-order valence-electron chi connectivity index (χ0n) is 14.2. The Kier molecular flexibility index (Phi) is 5.55. The lowest BCUT2D eigenvalue weighted by Gasteiger charge is -2.35. The maximum absolute atomic E-state index is 12.5. The van der Waals surface area contributed by atoms with Gasteiger partial charge in [0.05, 0.1) is 16.5 Å². The molecular formula is C16H22N4O2S2. The highest BCUT2D eigenvalue weighted by Gasteiger charge is 2.25. The quantitative estimate of drug-likeness (QED) is 0.752. The second kappa shape index (κ2) is 7.65. The molecule has 3 rings (SSSR count). The molecule has 1 aliphatic heterocycles. The first kappa shape index (κ1) is 17.4. The van der Waals surface area contributed by atoms with Gasteiger partial charge in [0.25, 0.3) is 11.1 Å². The number of hydrogen-bond donors (Lipinski definition) is 0. The van der Waals surface area contributed by atoms with Gasteiger partial charge in [-0.15, -0.1) is 21.5 Å². The molecule has 24 heavy (non-hydrogen) atoms. The lowest BCUT2D eigenvalue weighted by molar-refractivity contribution is -0.132. The van der Waals surface area contributed by atoms with E-state index in [1.54, 1.807) is 0 Å². The molecule has 8 heteroatoms. The minimum atomic E-state index is 0.163. The predicted octanol–water partition coefficient (Wildman–Crippen LogP) is 3.69. The van der Waals surface area contributed by atoms with Crippen LogP contribution in [-0.4, -0.2) is 44.3 Å². The average molecular weight is 367 g/mol. The second-order valence-electron chi connectivity index (χ2n) is 5.95. The van der Waals surface area contributed by atoms with Crippen LogP contribution >= 0.6 is 23.1 Å². The van der Waals surface area contributed by atoms with Crippen molar-refractivity contribution in [3.8, 4) is 10.8 Å². The first-order valence-corrected chi connectivity index (χ1v) is 10.1. The van der Waals surface area contributed by atoms with Crippen LogP contribution in [0, 0.1) is 13.8 Å². The fourth-order valence-corrected chi connectivity index (χ4v) is 4.54. The molecule has 1 unspecified atom stereocenters. The van der Waals surface area contributed by atoms with Crippen molar-refractivity contribution in [2.24, 2.45) is 0 Å². The molecule has 0 aromatic carbocycles. The first-order chi connectivity index (χ1) is 11.6. The van der Waals surface area contributed by atoms with Crippen LogP contribution in [-0.2, 0) is 4.79 Å². The van der Waals surface area contributed by atoms with E-state index in [1.165, 1.54) is 29.5 Å². The molecule has 2 aromatic rings. The Morgan fingerprint density at radius 1 is 1.38 bits per heavy atom. The molecule has 0 aliphatic carbocycles. The highest BCUT2D eigenvalue weighted by Crippen LogP contribution is 2.30. The molecule has 130 valence electrons. The molecule has 0 saturated carbocycles. The summed E-state index contributed by atoms with van der Waals surface area (Å²) in [5.74, 6) is 0.993. The summed E-state index contributed by atoms with van der Waals surface area (Å²) in [5.41, 5.74) is 0.896. The summed E-state index contributed by atoms with van der Waals surface area (Å²) in [6.07, 6.45) is 4.45. The molecule has 6 nitrogen and oxygen atoms in total. The van der Waals surface area contributed by atoms with E-state index in [2.05, 4.69) is 22.1 Å². The van der Waals surface area contributed by atoms with E-state index in [0.29, 0.717) is 22.9 Å². The smallest absolute Gasteiger partial charge is 0.277 e. The molecule has 1 aliphatic rings. The topological polar surface area (TPSA) is 72.1 Å². The van der Waals surface area contributed by atoms with Crippen molar-refractivity contribution in [1.82, 2.24) is 20.1 Å². The van der Waals surface area contributed by atoms with Gasteiger partial charge in [0, 0.05) is 12.6 Å². The largest absolute Gasteiger partial charge is 0.410 e. The van der Waals surface area contributed by atoms with Gasteiger partial charge in [-0.2, -0.15) is 0 Å². The summed E-state index contributed by atoms with van der Waals surface area (Å²) in [4.78, 5) is 19.8. The van der Waals surface area contributed by atoms with E-state index in [4.69, 9.17) is 4.42 Å². The number of rotatable bonds is 5. The minimum Gasteiger partial charge on any atom is -0.410 e. The standard InChI is InChI=1S/C16H22N4O2S2/c1-4-12-7-5-6-8-20(12)13(21)9-23-16-19-18-15(22-16)14-10(2)17-11(3)24-14/h12H,4-9H2,1-3H3. The Bertz CT molecular complexity index is 713. The lowest BCUT2D eigenvalue weighted by Crippen LogP contribution is -2.44. The fraction of sp³-hybridized carbons (Fsp3) is 0.625. The van der Waals surface area contributed by atoms with Gasteiger partial charge in [-0.1, -0.05) is 18.7 Å². The third kappa shape index (κ3) is 3.80. The Balaban J connectivity index is 1.61. The molecule has 0 spiro atoms. The molecule has 0 N–H and O–H groups in total. The van der Waals surface area contributed by atoms with Gasteiger partial charge in [-0.05, 0) is 39.5 Å². The van der Waals surface area contributed by atoms with Crippen molar-refractivity contribution in [3.63, 3.8) is 0 Å². The van der Waals surface area contributed by atoms with Crippen molar-refractivity contribution in [3.05, 3.63) is 10.7 Å².